The van der Waals surface area contributed by atoms with Crippen LogP contribution in [0, 0.1) is 5.92 Å². The molecule has 1 atom stereocenters. The first-order valence-corrected chi connectivity index (χ1v) is 5.52. The van der Waals surface area contributed by atoms with Crippen molar-refractivity contribution < 1.29 is 4.84 Å². The first kappa shape index (κ1) is 10.6. The van der Waals surface area contributed by atoms with Crippen molar-refractivity contribution in [2.75, 3.05) is 0 Å². The zero-order valence-corrected chi connectivity index (χ0v) is 8.83. The van der Waals surface area contributed by atoms with Crippen LogP contribution >= 0.6 is 0 Å². The van der Waals surface area contributed by atoms with Crippen molar-refractivity contribution in [3.63, 3.8) is 0 Å². The molecule has 1 unspecified atom stereocenters. The molecule has 0 bridgehead atoms. The lowest BCUT2D eigenvalue weighted by Crippen LogP contribution is -2.08. The van der Waals surface area contributed by atoms with Gasteiger partial charge >= 0.3 is 0 Å². The van der Waals surface area contributed by atoms with Gasteiger partial charge in [0.2, 0.25) is 0 Å². The van der Waals surface area contributed by atoms with Crippen molar-refractivity contribution in [3.05, 3.63) is 0 Å². The van der Waals surface area contributed by atoms with Crippen LogP contribution in [0.2, 0.25) is 0 Å². The van der Waals surface area contributed by atoms with E-state index in [1.807, 2.05) is 6.21 Å². The minimum Gasteiger partial charge on any atom is -0.393 e. The predicted molar refractivity (Wildman–Crippen MR) is 55.9 cm³/mol. The molecule has 2 heteroatoms. The van der Waals surface area contributed by atoms with E-state index in [0.29, 0.717) is 5.92 Å². The smallest absolute Gasteiger partial charge is 0.124 e. The van der Waals surface area contributed by atoms with Crippen LogP contribution in [-0.2, 0) is 4.84 Å². The Kier molecular flexibility index (Phi) is 4.87. The SMILES string of the molecule is CCC(C)ON=CC1CCCCC1. The molecule has 0 spiro atoms. The summed E-state index contributed by atoms with van der Waals surface area (Å²) in [5.74, 6) is 0.679. The van der Waals surface area contributed by atoms with Crippen LogP contribution < -0.4 is 0 Å². The fraction of sp³-hybridized carbons (Fsp3) is 0.909. The van der Waals surface area contributed by atoms with Gasteiger partial charge in [0.05, 0.1) is 0 Å². The second kappa shape index (κ2) is 6.01. The van der Waals surface area contributed by atoms with E-state index in [2.05, 4.69) is 19.0 Å². The first-order valence-electron chi connectivity index (χ1n) is 5.52. The lowest BCUT2D eigenvalue weighted by Gasteiger charge is -2.16. The van der Waals surface area contributed by atoms with Crippen LogP contribution in [-0.4, -0.2) is 12.3 Å². The zero-order valence-electron chi connectivity index (χ0n) is 8.83. The highest BCUT2D eigenvalue weighted by Crippen LogP contribution is 2.21. The van der Waals surface area contributed by atoms with Gasteiger partial charge in [-0.3, -0.25) is 0 Å². The maximum Gasteiger partial charge on any atom is 0.124 e. The van der Waals surface area contributed by atoms with E-state index in [4.69, 9.17) is 4.84 Å². The number of hydrogen-bond donors (Lipinski definition) is 0. The predicted octanol–water partition coefficient (Wildman–Crippen LogP) is 3.37. The van der Waals surface area contributed by atoms with Crippen molar-refractivity contribution in [1.82, 2.24) is 0 Å². The summed E-state index contributed by atoms with van der Waals surface area (Å²) in [5, 5.41) is 4.04. The van der Waals surface area contributed by atoms with E-state index in [1.54, 1.807) is 0 Å². The van der Waals surface area contributed by atoms with Crippen LogP contribution in [0.4, 0.5) is 0 Å². The number of rotatable bonds is 4. The van der Waals surface area contributed by atoms with Crippen LogP contribution in [0.1, 0.15) is 52.4 Å². The van der Waals surface area contributed by atoms with Gasteiger partial charge in [-0.25, -0.2) is 0 Å². The third-order valence-electron chi connectivity index (χ3n) is 2.74. The Morgan fingerprint density at radius 2 is 2.08 bits per heavy atom. The molecule has 1 fully saturated rings. The van der Waals surface area contributed by atoms with Crippen molar-refractivity contribution >= 4 is 6.21 Å². The molecule has 1 aliphatic carbocycles. The van der Waals surface area contributed by atoms with E-state index < -0.39 is 0 Å². The van der Waals surface area contributed by atoms with Gasteiger partial charge in [-0.15, -0.1) is 0 Å². The lowest BCUT2D eigenvalue weighted by atomic mass is 9.90. The summed E-state index contributed by atoms with van der Waals surface area (Å²) in [6, 6.07) is 0. The summed E-state index contributed by atoms with van der Waals surface area (Å²) < 4.78 is 0. The van der Waals surface area contributed by atoms with Gasteiger partial charge in [-0.1, -0.05) is 31.3 Å². The Balaban J connectivity index is 2.14. The quantitative estimate of drug-likeness (QED) is 0.483. The van der Waals surface area contributed by atoms with E-state index in [0.717, 1.165) is 6.42 Å². The summed E-state index contributed by atoms with van der Waals surface area (Å²) in [6.45, 7) is 4.17. The molecule has 0 aromatic rings. The molecule has 0 aromatic heterocycles. The molecule has 76 valence electrons. The highest BCUT2D eigenvalue weighted by atomic mass is 16.6. The molecule has 0 heterocycles. The van der Waals surface area contributed by atoms with Crippen LogP contribution in [0.25, 0.3) is 0 Å². The van der Waals surface area contributed by atoms with Crippen LogP contribution in [0.3, 0.4) is 0 Å². The minimum atomic E-state index is 0.264. The second-order valence-electron chi connectivity index (χ2n) is 3.98. The summed E-state index contributed by atoms with van der Waals surface area (Å²) in [4.78, 5) is 5.26. The molecule has 1 rings (SSSR count). The van der Waals surface area contributed by atoms with Gasteiger partial charge in [-0.2, -0.15) is 0 Å². The Bertz CT molecular complexity index is 150. The van der Waals surface area contributed by atoms with Gasteiger partial charge in [0.1, 0.15) is 6.10 Å². The Labute approximate surface area is 81.3 Å². The average molecular weight is 183 g/mol. The highest BCUT2D eigenvalue weighted by molar-refractivity contribution is 5.59. The Hall–Kier alpha value is -0.530. The second-order valence-corrected chi connectivity index (χ2v) is 3.98. The molecule has 0 aliphatic heterocycles. The van der Waals surface area contributed by atoms with E-state index in [9.17, 15) is 0 Å². The van der Waals surface area contributed by atoms with Crippen LogP contribution in [0.5, 0.6) is 0 Å². The molecular weight excluding hydrogens is 162 g/mol. The highest BCUT2D eigenvalue weighted by Gasteiger charge is 2.10. The molecule has 0 aromatic carbocycles. The molecule has 1 saturated carbocycles. The maximum atomic E-state index is 5.26. The first-order chi connectivity index (χ1) is 6.33. The monoisotopic (exact) mass is 183 g/mol. The van der Waals surface area contributed by atoms with Gasteiger partial charge in [0.15, 0.2) is 0 Å². The molecule has 0 saturated heterocycles. The lowest BCUT2D eigenvalue weighted by molar-refractivity contribution is 0.0698. The van der Waals surface area contributed by atoms with Gasteiger partial charge < -0.3 is 4.84 Å². The number of oxime groups is 1. The summed E-state index contributed by atoms with van der Waals surface area (Å²) in [5.41, 5.74) is 0. The van der Waals surface area contributed by atoms with E-state index >= 15 is 0 Å². The summed E-state index contributed by atoms with van der Waals surface area (Å²) in [7, 11) is 0. The largest absolute Gasteiger partial charge is 0.393 e. The van der Waals surface area contributed by atoms with Gasteiger partial charge in [0.25, 0.3) is 0 Å². The molecule has 0 radical (unpaired) electrons. The van der Waals surface area contributed by atoms with Gasteiger partial charge in [0, 0.05) is 6.21 Å². The van der Waals surface area contributed by atoms with E-state index in [-0.39, 0.29) is 6.10 Å². The van der Waals surface area contributed by atoms with Crippen molar-refractivity contribution in [2.24, 2.45) is 11.1 Å². The molecule has 13 heavy (non-hydrogen) atoms. The fourth-order valence-electron chi connectivity index (χ4n) is 1.58. The molecule has 1 aliphatic rings. The third kappa shape index (κ3) is 4.30. The zero-order chi connectivity index (χ0) is 9.52. The van der Waals surface area contributed by atoms with Crippen LogP contribution in [0.15, 0.2) is 5.16 Å². The number of nitrogens with zero attached hydrogens (tertiary/aromatic N) is 1. The van der Waals surface area contributed by atoms with E-state index in [1.165, 1.54) is 32.1 Å². The third-order valence-corrected chi connectivity index (χ3v) is 2.74. The average Bonchev–Trinajstić information content (AvgIpc) is 2.19. The topological polar surface area (TPSA) is 21.6 Å². The molecule has 0 amide bonds. The summed E-state index contributed by atoms with van der Waals surface area (Å²) >= 11 is 0. The summed E-state index contributed by atoms with van der Waals surface area (Å²) in [6.07, 6.45) is 10.0. The van der Waals surface area contributed by atoms with Crippen molar-refractivity contribution in [3.8, 4) is 0 Å². The van der Waals surface area contributed by atoms with Crippen molar-refractivity contribution in [2.45, 2.75) is 58.5 Å². The van der Waals surface area contributed by atoms with Crippen molar-refractivity contribution in [1.29, 1.82) is 0 Å². The van der Waals surface area contributed by atoms with Gasteiger partial charge in [-0.05, 0) is 32.1 Å². The Morgan fingerprint density at radius 1 is 1.38 bits per heavy atom. The Morgan fingerprint density at radius 3 is 2.69 bits per heavy atom. The molecule has 2 nitrogen and oxygen atoms in total. The maximum absolute atomic E-state index is 5.26. The minimum absolute atomic E-state index is 0.264. The normalized spacial score (nSPS) is 22.0. The molecule has 0 N–H and O–H groups in total. The number of hydrogen-bond acceptors (Lipinski definition) is 2. The fourth-order valence-corrected chi connectivity index (χ4v) is 1.58. The standard InChI is InChI=1S/C11H21NO/c1-3-10(2)13-12-9-11-7-5-4-6-8-11/h9-11H,3-8H2,1-2H3. The molecular formula is C11H21NO.